The number of sulfonamides is 1. The number of hydrogen-bond acceptors (Lipinski definition) is 6. The highest BCUT2D eigenvalue weighted by atomic mass is 32.2. The third kappa shape index (κ3) is 6.86. The van der Waals surface area contributed by atoms with Crippen molar-refractivity contribution in [2.75, 3.05) is 38.6 Å². The average Bonchev–Trinajstić information content (AvgIpc) is 3.00. The van der Waals surface area contributed by atoms with Crippen molar-refractivity contribution >= 4 is 33.0 Å². The number of rotatable bonds is 9. The molecule has 1 aliphatic heterocycles. The largest absolute Gasteiger partial charge is 0.378 e. The maximum atomic E-state index is 12.5. The Balaban J connectivity index is 1.50. The number of nitrogens with one attached hydrogen (secondary N) is 1. The Morgan fingerprint density at radius 1 is 0.938 bits per heavy atom. The lowest BCUT2D eigenvalue weighted by Gasteiger charge is -2.20. The van der Waals surface area contributed by atoms with Gasteiger partial charge in [0.25, 0.3) is 0 Å². The minimum atomic E-state index is -3.61. The predicted molar refractivity (Wildman–Crippen MR) is 126 cm³/mol. The van der Waals surface area contributed by atoms with Crippen LogP contribution in [0.2, 0.25) is 0 Å². The van der Waals surface area contributed by atoms with Crippen LogP contribution in [0.1, 0.15) is 32.1 Å². The number of hydrogen-bond donors (Lipinski definition) is 1. The molecule has 8 nitrogen and oxygen atoms in total. The number of nitrogens with zero attached hydrogens (tertiary/aromatic N) is 4. The third-order valence-electron chi connectivity index (χ3n) is 5.36. The van der Waals surface area contributed by atoms with Crippen LogP contribution in [0.15, 0.2) is 63.7 Å². The number of carbonyl (C=O) groups excluding carboxylic acids is 1. The molecule has 9 heteroatoms. The van der Waals surface area contributed by atoms with E-state index >= 15 is 0 Å². The van der Waals surface area contributed by atoms with E-state index in [4.69, 9.17) is 0 Å². The summed E-state index contributed by atoms with van der Waals surface area (Å²) in [6.07, 6.45) is 4.22. The molecular formula is C23H31N5O3S. The number of likely N-dealkylation sites (tertiary alicyclic amines) is 1. The number of anilines is 1. The Kier molecular flexibility index (Phi) is 8.35. The SMILES string of the molecule is CN(C)c1ccc(N=Nc2ccc(S(=O)(=O)NCCCN3CCCCCC3=O)cc2)cc1. The fourth-order valence-electron chi connectivity index (χ4n) is 3.46. The monoisotopic (exact) mass is 457 g/mol. The van der Waals surface area contributed by atoms with Crippen LogP contribution in [0.3, 0.4) is 0 Å². The van der Waals surface area contributed by atoms with E-state index in [1.165, 1.54) is 12.1 Å². The van der Waals surface area contributed by atoms with Crippen LogP contribution in [-0.4, -0.2) is 53.0 Å². The Morgan fingerprint density at radius 3 is 2.19 bits per heavy atom. The van der Waals surface area contributed by atoms with Crippen LogP contribution in [0.25, 0.3) is 0 Å². The molecular weight excluding hydrogens is 426 g/mol. The average molecular weight is 458 g/mol. The van der Waals surface area contributed by atoms with Crippen molar-refractivity contribution in [3.8, 4) is 0 Å². The second-order valence-electron chi connectivity index (χ2n) is 8.05. The second-order valence-corrected chi connectivity index (χ2v) is 9.81. The standard InChI is InChI=1S/C23H31N5O3S/c1-27(2)21-12-8-19(9-13-21)25-26-20-10-14-22(15-11-20)32(30,31)24-16-6-18-28-17-5-3-4-7-23(28)29/h8-15,24H,3-7,16-18H2,1-2H3. The number of azo groups is 1. The zero-order chi connectivity index (χ0) is 23.0. The maximum Gasteiger partial charge on any atom is 0.240 e. The highest BCUT2D eigenvalue weighted by Gasteiger charge is 2.17. The minimum Gasteiger partial charge on any atom is -0.378 e. The predicted octanol–water partition coefficient (Wildman–Crippen LogP) is 4.24. The van der Waals surface area contributed by atoms with E-state index in [-0.39, 0.29) is 17.3 Å². The van der Waals surface area contributed by atoms with Crippen molar-refractivity contribution in [1.82, 2.24) is 9.62 Å². The number of amides is 1. The van der Waals surface area contributed by atoms with E-state index in [2.05, 4.69) is 15.0 Å². The van der Waals surface area contributed by atoms with Gasteiger partial charge in [0, 0.05) is 45.8 Å². The summed E-state index contributed by atoms with van der Waals surface area (Å²) in [6, 6.07) is 14.0. The second kappa shape index (κ2) is 11.2. The Bertz CT molecular complexity index is 1020. The zero-order valence-electron chi connectivity index (χ0n) is 18.7. The molecule has 0 bridgehead atoms. The minimum absolute atomic E-state index is 0.170. The Morgan fingerprint density at radius 2 is 1.56 bits per heavy atom. The number of carbonyl (C=O) groups is 1. The molecule has 2 aromatic rings. The molecule has 1 heterocycles. The van der Waals surface area contributed by atoms with Gasteiger partial charge in [0.15, 0.2) is 0 Å². The fourth-order valence-corrected chi connectivity index (χ4v) is 4.53. The van der Waals surface area contributed by atoms with Crippen LogP contribution < -0.4 is 9.62 Å². The van der Waals surface area contributed by atoms with Crippen molar-refractivity contribution in [2.45, 2.75) is 37.0 Å². The van der Waals surface area contributed by atoms with Crippen molar-refractivity contribution in [3.63, 3.8) is 0 Å². The molecule has 1 amide bonds. The van der Waals surface area contributed by atoms with E-state index in [1.807, 2.05) is 48.2 Å². The van der Waals surface area contributed by atoms with Gasteiger partial charge in [-0.05, 0) is 67.8 Å². The van der Waals surface area contributed by atoms with Gasteiger partial charge in [-0.1, -0.05) is 6.42 Å². The molecule has 3 rings (SSSR count). The third-order valence-corrected chi connectivity index (χ3v) is 6.84. The molecule has 0 aliphatic carbocycles. The van der Waals surface area contributed by atoms with Gasteiger partial charge in [-0.25, -0.2) is 13.1 Å². The van der Waals surface area contributed by atoms with Crippen LogP contribution in [-0.2, 0) is 14.8 Å². The van der Waals surface area contributed by atoms with Crippen LogP contribution in [0.4, 0.5) is 17.1 Å². The highest BCUT2D eigenvalue weighted by molar-refractivity contribution is 7.89. The Labute approximate surface area is 190 Å². The summed E-state index contributed by atoms with van der Waals surface area (Å²) in [5.74, 6) is 0.170. The van der Waals surface area contributed by atoms with Gasteiger partial charge in [0.05, 0.1) is 16.3 Å². The van der Waals surface area contributed by atoms with Gasteiger partial charge in [-0.3, -0.25) is 4.79 Å². The normalized spacial score (nSPS) is 15.2. The molecule has 1 aliphatic rings. The van der Waals surface area contributed by atoms with Gasteiger partial charge >= 0.3 is 0 Å². The molecule has 0 unspecified atom stereocenters. The topological polar surface area (TPSA) is 94.4 Å². The van der Waals surface area contributed by atoms with Gasteiger partial charge in [0.2, 0.25) is 15.9 Å². The van der Waals surface area contributed by atoms with E-state index in [0.29, 0.717) is 25.1 Å². The molecule has 0 radical (unpaired) electrons. The summed E-state index contributed by atoms with van der Waals surface area (Å²) < 4.78 is 27.7. The van der Waals surface area contributed by atoms with Crippen LogP contribution in [0.5, 0.6) is 0 Å². The van der Waals surface area contributed by atoms with Crippen molar-refractivity contribution in [1.29, 1.82) is 0 Å². The van der Waals surface area contributed by atoms with E-state index in [9.17, 15) is 13.2 Å². The summed E-state index contributed by atoms with van der Waals surface area (Å²) >= 11 is 0. The first kappa shape index (κ1) is 23.9. The van der Waals surface area contributed by atoms with Gasteiger partial charge in [-0.2, -0.15) is 10.2 Å². The molecule has 0 atom stereocenters. The lowest BCUT2D eigenvalue weighted by atomic mass is 10.2. The summed E-state index contributed by atoms with van der Waals surface area (Å²) in [5.41, 5.74) is 2.36. The molecule has 0 saturated carbocycles. The summed E-state index contributed by atoms with van der Waals surface area (Å²) in [6.45, 7) is 1.63. The van der Waals surface area contributed by atoms with Crippen LogP contribution in [0, 0.1) is 0 Å². The first-order valence-corrected chi connectivity index (χ1v) is 12.4. The van der Waals surface area contributed by atoms with E-state index in [0.717, 1.165) is 37.2 Å². The summed E-state index contributed by atoms with van der Waals surface area (Å²) in [7, 11) is 0.329. The lowest BCUT2D eigenvalue weighted by molar-refractivity contribution is -0.130. The van der Waals surface area contributed by atoms with Crippen LogP contribution >= 0.6 is 0 Å². The van der Waals surface area contributed by atoms with E-state index in [1.54, 1.807) is 12.1 Å². The van der Waals surface area contributed by atoms with Gasteiger partial charge in [-0.15, -0.1) is 0 Å². The van der Waals surface area contributed by atoms with E-state index < -0.39 is 10.0 Å². The first-order chi connectivity index (χ1) is 15.3. The Hall–Kier alpha value is -2.78. The number of benzene rings is 2. The van der Waals surface area contributed by atoms with Gasteiger partial charge in [0.1, 0.15) is 0 Å². The molecule has 1 saturated heterocycles. The van der Waals surface area contributed by atoms with Crippen molar-refractivity contribution in [2.24, 2.45) is 10.2 Å². The molecule has 1 N–H and O–H groups in total. The molecule has 172 valence electrons. The smallest absolute Gasteiger partial charge is 0.240 e. The molecule has 32 heavy (non-hydrogen) atoms. The fraction of sp³-hybridized carbons (Fsp3) is 0.435. The van der Waals surface area contributed by atoms with Crippen molar-refractivity contribution in [3.05, 3.63) is 48.5 Å². The quantitative estimate of drug-likeness (QED) is 0.450. The molecule has 0 aromatic heterocycles. The zero-order valence-corrected chi connectivity index (χ0v) is 19.5. The molecule has 2 aromatic carbocycles. The molecule has 1 fully saturated rings. The van der Waals surface area contributed by atoms with Gasteiger partial charge < -0.3 is 9.80 Å². The summed E-state index contributed by atoms with van der Waals surface area (Å²) in [4.78, 5) is 16.0. The first-order valence-electron chi connectivity index (χ1n) is 10.9. The summed E-state index contributed by atoms with van der Waals surface area (Å²) in [5, 5.41) is 8.37. The maximum absolute atomic E-state index is 12.5. The molecule has 0 spiro atoms. The lowest BCUT2D eigenvalue weighted by Crippen LogP contribution is -2.34. The van der Waals surface area contributed by atoms with Crippen molar-refractivity contribution < 1.29 is 13.2 Å². The highest BCUT2D eigenvalue weighted by Crippen LogP contribution is 2.22.